The molecule has 1 aliphatic heterocycles. The molecule has 9 heteroatoms. The molecule has 0 bridgehead atoms. The number of aromatic nitrogens is 5. The van der Waals surface area contributed by atoms with Crippen molar-refractivity contribution >= 4 is 17.0 Å². The molecule has 0 unspecified atom stereocenters. The van der Waals surface area contributed by atoms with Crippen LogP contribution in [0.5, 0.6) is 0 Å². The van der Waals surface area contributed by atoms with Gasteiger partial charge in [0, 0.05) is 37.9 Å². The van der Waals surface area contributed by atoms with Crippen LogP contribution in [0.25, 0.3) is 22.6 Å². The molecule has 0 aromatic carbocycles. The summed E-state index contributed by atoms with van der Waals surface area (Å²) < 4.78 is 2.74. The maximum Gasteiger partial charge on any atom is 0.332 e. The van der Waals surface area contributed by atoms with Crippen LogP contribution in [0.1, 0.15) is 26.7 Å². The van der Waals surface area contributed by atoms with E-state index >= 15 is 0 Å². The van der Waals surface area contributed by atoms with Crippen molar-refractivity contribution in [3.8, 4) is 11.4 Å². The molecule has 3 aromatic heterocycles. The van der Waals surface area contributed by atoms with Crippen LogP contribution >= 0.6 is 0 Å². The summed E-state index contributed by atoms with van der Waals surface area (Å²) in [6.45, 7) is 8.65. The summed E-state index contributed by atoms with van der Waals surface area (Å²) in [5.41, 5.74) is 0.820. The lowest BCUT2D eigenvalue weighted by Crippen LogP contribution is -2.39. The molecule has 0 spiro atoms. The van der Waals surface area contributed by atoms with Gasteiger partial charge in [0.05, 0.1) is 0 Å². The van der Waals surface area contributed by atoms with Gasteiger partial charge in [0.15, 0.2) is 5.65 Å². The van der Waals surface area contributed by atoms with E-state index in [-0.39, 0.29) is 11.2 Å². The lowest BCUT2D eigenvalue weighted by Gasteiger charge is -2.14. The highest BCUT2D eigenvalue weighted by Gasteiger charge is 2.16. The molecule has 0 amide bonds. The Labute approximate surface area is 168 Å². The van der Waals surface area contributed by atoms with E-state index < -0.39 is 0 Å². The minimum Gasteiger partial charge on any atom is -0.369 e. The van der Waals surface area contributed by atoms with E-state index in [9.17, 15) is 9.59 Å². The van der Waals surface area contributed by atoms with Crippen molar-refractivity contribution in [2.24, 2.45) is 0 Å². The molecule has 9 nitrogen and oxygen atoms in total. The Morgan fingerprint density at radius 2 is 1.86 bits per heavy atom. The number of hydrogen-bond acceptors (Lipinski definition) is 6. The lowest BCUT2D eigenvalue weighted by atomic mass is 10.2. The fourth-order valence-electron chi connectivity index (χ4n) is 3.85. The third-order valence-corrected chi connectivity index (χ3v) is 5.46. The van der Waals surface area contributed by atoms with E-state index in [1.165, 1.54) is 35.1 Å². The van der Waals surface area contributed by atoms with Crippen LogP contribution in [0.2, 0.25) is 0 Å². The van der Waals surface area contributed by atoms with Crippen LogP contribution in [0.3, 0.4) is 0 Å². The molecule has 1 fully saturated rings. The Hall–Kier alpha value is -2.94. The van der Waals surface area contributed by atoms with E-state index in [0.29, 0.717) is 30.1 Å². The number of anilines is 1. The molecule has 154 valence electrons. The fourth-order valence-corrected chi connectivity index (χ4v) is 3.85. The molecule has 0 atom stereocenters. The average molecular weight is 397 g/mol. The van der Waals surface area contributed by atoms with E-state index in [1.807, 2.05) is 19.1 Å². The van der Waals surface area contributed by atoms with Crippen LogP contribution < -0.4 is 16.6 Å². The number of imidazole rings is 1. The molecular formula is C20H27N7O2. The zero-order valence-electron chi connectivity index (χ0n) is 16.9. The SMILES string of the molecule is CCn1c(=O)c2[nH]c(-c3ccc(NCCN4CCCC4)nc3)nc2n(CC)c1=O. The quantitative estimate of drug-likeness (QED) is 0.627. The number of nitrogens with one attached hydrogen (secondary N) is 2. The summed E-state index contributed by atoms with van der Waals surface area (Å²) in [6.07, 6.45) is 4.31. The van der Waals surface area contributed by atoms with Crippen molar-refractivity contribution in [2.75, 3.05) is 31.5 Å². The molecule has 29 heavy (non-hydrogen) atoms. The monoisotopic (exact) mass is 397 g/mol. The summed E-state index contributed by atoms with van der Waals surface area (Å²) in [4.78, 5) is 39.6. The van der Waals surface area contributed by atoms with Crippen molar-refractivity contribution in [3.63, 3.8) is 0 Å². The zero-order chi connectivity index (χ0) is 20.4. The maximum absolute atomic E-state index is 12.6. The smallest absolute Gasteiger partial charge is 0.332 e. The first-order chi connectivity index (χ1) is 14.1. The Balaban J connectivity index is 1.57. The summed E-state index contributed by atoms with van der Waals surface area (Å²) in [7, 11) is 0. The van der Waals surface area contributed by atoms with Gasteiger partial charge in [0.25, 0.3) is 5.56 Å². The Bertz CT molecular complexity index is 1100. The van der Waals surface area contributed by atoms with Crippen molar-refractivity contribution in [1.82, 2.24) is 29.0 Å². The number of pyridine rings is 1. The summed E-state index contributed by atoms with van der Waals surface area (Å²) in [6, 6.07) is 3.82. The normalized spacial score (nSPS) is 14.7. The third kappa shape index (κ3) is 3.69. The van der Waals surface area contributed by atoms with Crippen molar-refractivity contribution < 1.29 is 0 Å². The lowest BCUT2D eigenvalue weighted by molar-refractivity contribution is 0.352. The van der Waals surface area contributed by atoms with Crippen molar-refractivity contribution in [2.45, 2.75) is 39.8 Å². The number of fused-ring (bicyclic) bond motifs is 1. The highest BCUT2D eigenvalue weighted by molar-refractivity contribution is 5.75. The highest BCUT2D eigenvalue weighted by Crippen LogP contribution is 2.19. The van der Waals surface area contributed by atoms with E-state index in [4.69, 9.17) is 0 Å². The first kappa shape index (κ1) is 19.4. The number of likely N-dealkylation sites (tertiary alicyclic amines) is 1. The number of aromatic amines is 1. The van der Waals surface area contributed by atoms with Gasteiger partial charge >= 0.3 is 5.69 Å². The zero-order valence-corrected chi connectivity index (χ0v) is 16.9. The number of aryl methyl sites for hydroxylation is 1. The second-order valence-electron chi connectivity index (χ2n) is 7.27. The van der Waals surface area contributed by atoms with E-state index in [2.05, 4.69) is 25.2 Å². The first-order valence-electron chi connectivity index (χ1n) is 10.3. The number of hydrogen-bond donors (Lipinski definition) is 2. The topological polar surface area (TPSA) is 101 Å². The van der Waals surface area contributed by atoms with Crippen molar-refractivity contribution in [1.29, 1.82) is 0 Å². The minimum atomic E-state index is -0.343. The van der Waals surface area contributed by atoms with Gasteiger partial charge in [0.1, 0.15) is 17.2 Å². The Morgan fingerprint density at radius 1 is 1.10 bits per heavy atom. The van der Waals surface area contributed by atoms with Gasteiger partial charge in [0.2, 0.25) is 0 Å². The molecule has 3 aromatic rings. The van der Waals surface area contributed by atoms with Gasteiger partial charge in [-0.1, -0.05) is 0 Å². The van der Waals surface area contributed by atoms with Crippen LogP contribution in [0.15, 0.2) is 27.9 Å². The summed E-state index contributed by atoms with van der Waals surface area (Å²) in [5.74, 6) is 1.34. The van der Waals surface area contributed by atoms with Gasteiger partial charge in [-0.05, 0) is 51.9 Å². The predicted molar refractivity (Wildman–Crippen MR) is 113 cm³/mol. The van der Waals surface area contributed by atoms with E-state index in [1.54, 1.807) is 13.1 Å². The molecular weight excluding hydrogens is 370 g/mol. The molecule has 0 radical (unpaired) electrons. The van der Waals surface area contributed by atoms with Gasteiger partial charge in [-0.2, -0.15) is 0 Å². The van der Waals surface area contributed by atoms with Crippen LogP contribution in [0, 0.1) is 0 Å². The average Bonchev–Trinajstić information content (AvgIpc) is 3.40. The van der Waals surface area contributed by atoms with Gasteiger partial charge < -0.3 is 15.2 Å². The standard InChI is InChI=1S/C20H27N7O2/c1-3-26-18-16(19(28)27(4-2)20(26)29)23-17(24-18)14-7-8-15(22-13-14)21-9-12-25-10-5-6-11-25/h7-8,13H,3-6,9-12H2,1-2H3,(H,21,22)(H,23,24). The largest absolute Gasteiger partial charge is 0.369 e. The van der Waals surface area contributed by atoms with Crippen LogP contribution in [0.4, 0.5) is 5.82 Å². The number of nitrogens with zero attached hydrogens (tertiary/aromatic N) is 5. The minimum absolute atomic E-state index is 0.321. The van der Waals surface area contributed by atoms with Crippen LogP contribution in [-0.2, 0) is 13.1 Å². The van der Waals surface area contributed by atoms with Gasteiger partial charge in [-0.3, -0.25) is 13.9 Å². The molecule has 0 saturated carbocycles. The third-order valence-electron chi connectivity index (χ3n) is 5.46. The Morgan fingerprint density at radius 3 is 2.52 bits per heavy atom. The molecule has 2 N–H and O–H groups in total. The second kappa shape index (κ2) is 8.20. The van der Waals surface area contributed by atoms with E-state index in [0.717, 1.165) is 24.5 Å². The molecule has 0 aliphatic carbocycles. The molecule has 4 rings (SSSR count). The Kier molecular flexibility index (Phi) is 5.48. The maximum atomic E-state index is 12.6. The predicted octanol–water partition coefficient (Wildman–Crippen LogP) is 1.50. The number of rotatable bonds is 7. The fraction of sp³-hybridized carbons (Fsp3) is 0.500. The molecule has 1 aliphatic rings. The van der Waals surface area contributed by atoms with Gasteiger partial charge in [-0.25, -0.2) is 14.8 Å². The first-order valence-corrected chi connectivity index (χ1v) is 10.3. The van der Waals surface area contributed by atoms with Gasteiger partial charge in [-0.15, -0.1) is 0 Å². The summed E-state index contributed by atoms with van der Waals surface area (Å²) in [5, 5.41) is 3.34. The van der Waals surface area contributed by atoms with Crippen LogP contribution in [-0.4, -0.2) is 55.2 Å². The number of H-pyrrole nitrogens is 1. The highest BCUT2D eigenvalue weighted by atomic mass is 16.2. The summed E-state index contributed by atoms with van der Waals surface area (Å²) >= 11 is 0. The van der Waals surface area contributed by atoms with Crippen molar-refractivity contribution in [3.05, 3.63) is 39.2 Å². The molecule has 1 saturated heterocycles. The second-order valence-corrected chi connectivity index (χ2v) is 7.27. The molecule has 4 heterocycles.